The van der Waals surface area contributed by atoms with Crippen LogP contribution in [0.2, 0.25) is 0 Å². The second-order valence-corrected chi connectivity index (χ2v) is 5.16. The summed E-state index contributed by atoms with van der Waals surface area (Å²) in [5, 5.41) is 3.42. The molecule has 2 aliphatic rings. The van der Waals surface area contributed by atoms with Gasteiger partial charge in [0.1, 0.15) is 0 Å². The molecule has 0 heterocycles. The Kier molecular flexibility index (Phi) is 4.04. The van der Waals surface area contributed by atoms with E-state index in [9.17, 15) is 0 Å². The van der Waals surface area contributed by atoms with Crippen LogP contribution in [0.4, 0.5) is 0 Å². The smallest absolute Gasteiger partial charge is 0.0698 e. The van der Waals surface area contributed by atoms with Gasteiger partial charge in [-0.25, -0.2) is 0 Å². The minimum absolute atomic E-state index is 0.275. The van der Waals surface area contributed by atoms with Crippen molar-refractivity contribution in [3.8, 4) is 0 Å². The Morgan fingerprint density at radius 2 is 1.93 bits per heavy atom. The van der Waals surface area contributed by atoms with Crippen LogP contribution in [0.5, 0.6) is 0 Å². The topological polar surface area (TPSA) is 21.3 Å². The Morgan fingerprint density at radius 1 is 1.20 bits per heavy atom. The molecule has 15 heavy (non-hydrogen) atoms. The quantitative estimate of drug-likeness (QED) is 0.682. The predicted octanol–water partition coefficient (Wildman–Crippen LogP) is 2.87. The van der Waals surface area contributed by atoms with Gasteiger partial charge in [-0.1, -0.05) is 19.8 Å². The third-order valence-corrected chi connectivity index (χ3v) is 3.99. The van der Waals surface area contributed by atoms with E-state index in [2.05, 4.69) is 12.2 Å². The zero-order valence-electron chi connectivity index (χ0n) is 10.1. The summed E-state index contributed by atoms with van der Waals surface area (Å²) in [5.41, 5.74) is 0.275. The first-order chi connectivity index (χ1) is 7.35. The highest BCUT2D eigenvalue weighted by atomic mass is 16.5. The van der Waals surface area contributed by atoms with Crippen molar-refractivity contribution in [2.24, 2.45) is 0 Å². The number of hydrogen-bond acceptors (Lipinski definition) is 2. The first-order valence-corrected chi connectivity index (χ1v) is 6.73. The van der Waals surface area contributed by atoms with Crippen LogP contribution < -0.4 is 5.32 Å². The van der Waals surface area contributed by atoms with E-state index in [4.69, 9.17) is 4.74 Å². The van der Waals surface area contributed by atoms with Crippen LogP contribution in [0.15, 0.2) is 0 Å². The second kappa shape index (κ2) is 5.31. The molecule has 0 unspecified atom stereocenters. The molecule has 0 aromatic rings. The Hall–Kier alpha value is -0.0800. The third-order valence-electron chi connectivity index (χ3n) is 3.99. The van der Waals surface area contributed by atoms with Gasteiger partial charge in [-0.05, 0) is 51.6 Å². The van der Waals surface area contributed by atoms with Gasteiger partial charge in [-0.15, -0.1) is 0 Å². The SMILES string of the molecule is CCNCCC1(OC2CCCC2)CCC1. The summed E-state index contributed by atoms with van der Waals surface area (Å²) < 4.78 is 6.34. The summed E-state index contributed by atoms with van der Waals surface area (Å²) in [6, 6.07) is 0. The molecule has 2 nitrogen and oxygen atoms in total. The number of hydrogen-bond donors (Lipinski definition) is 1. The van der Waals surface area contributed by atoms with Crippen LogP contribution in [0.3, 0.4) is 0 Å². The predicted molar refractivity (Wildman–Crippen MR) is 63.1 cm³/mol. The van der Waals surface area contributed by atoms with E-state index in [1.165, 1.54) is 51.4 Å². The van der Waals surface area contributed by atoms with Gasteiger partial charge in [0.25, 0.3) is 0 Å². The van der Waals surface area contributed by atoms with Crippen LogP contribution in [-0.2, 0) is 4.74 Å². The Balaban J connectivity index is 1.74. The van der Waals surface area contributed by atoms with Crippen LogP contribution in [0.1, 0.15) is 58.3 Å². The second-order valence-electron chi connectivity index (χ2n) is 5.16. The monoisotopic (exact) mass is 211 g/mol. The van der Waals surface area contributed by atoms with E-state index < -0.39 is 0 Å². The summed E-state index contributed by atoms with van der Waals surface area (Å²) in [6.45, 7) is 4.38. The van der Waals surface area contributed by atoms with Crippen LogP contribution in [0.25, 0.3) is 0 Å². The summed E-state index contributed by atoms with van der Waals surface area (Å²) in [6.07, 6.45) is 11.2. The summed E-state index contributed by atoms with van der Waals surface area (Å²) in [4.78, 5) is 0. The van der Waals surface area contributed by atoms with Gasteiger partial charge in [0.05, 0.1) is 11.7 Å². The fourth-order valence-electron chi connectivity index (χ4n) is 2.85. The van der Waals surface area contributed by atoms with Gasteiger partial charge in [0.15, 0.2) is 0 Å². The van der Waals surface area contributed by atoms with Crippen LogP contribution in [0, 0.1) is 0 Å². The van der Waals surface area contributed by atoms with E-state index in [-0.39, 0.29) is 5.60 Å². The van der Waals surface area contributed by atoms with Crippen molar-refractivity contribution in [1.29, 1.82) is 0 Å². The highest BCUT2D eigenvalue weighted by Gasteiger charge is 2.39. The van der Waals surface area contributed by atoms with Crippen molar-refractivity contribution < 1.29 is 4.74 Å². The largest absolute Gasteiger partial charge is 0.372 e. The number of ether oxygens (including phenoxy) is 1. The molecule has 0 atom stereocenters. The van der Waals surface area contributed by atoms with Gasteiger partial charge in [-0.2, -0.15) is 0 Å². The minimum Gasteiger partial charge on any atom is -0.372 e. The lowest BCUT2D eigenvalue weighted by molar-refractivity contribution is -0.140. The van der Waals surface area contributed by atoms with Gasteiger partial charge in [0.2, 0.25) is 0 Å². The first-order valence-electron chi connectivity index (χ1n) is 6.73. The lowest BCUT2D eigenvalue weighted by Gasteiger charge is -2.44. The maximum atomic E-state index is 6.34. The maximum Gasteiger partial charge on any atom is 0.0698 e. The highest BCUT2D eigenvalue weighted by molar-refractivity contribution is 4.91. The molecule has 0 amide bonds. The molecule has 2 saturated carbocycles. The molecule has 0 spiro atoms. The summed E-state index contributed by atoms with van der Waals surface area (Å²) in [7, 11) is 0. The standard InChI is InChI=1S/C13H25NO/c1-2-14-11-10-13(8-5-9-13)15-12-6-3-4-7-12/h12,14H,2-11H2,1H3. The summed E-state index contributed by atoms with van der Waals surface area (Å²) in [5.74, 6) is 0. The fraction of sp³-hybridized carbons (Fsp3) is 1.00. The molecule has 0 aliphatic heterocycles. The molecule has 2 fully saturated rings. The number of nitrogens with one attached hydrogen (secondary N) is 1. The number of rotatable bonds is 6. The average molecular weight is 211 g/mol. The Morgan fingerprint density at radius 3 is 2.47 bits per heavy atom. The van der Waals surface area contributed by atoms with Crippen molar-refractivity contribution in [3.63, 3.8) is 0 Å². The van der Waals surface area contributed by atoms with Crippen molar-refractivity contribution >= 4 is 0 Å². The third kappa shape index (κ3) is 2.94. The molecule has 0 aromatic carbocycles. The van der Waals surface area contributed by atoms with Gasteiger partial charge < -0.3 is 10.1 Å². The van der Waals surface area contributed by atoms with Crippen LogP contribution >= 0.6 is 0 Å². The van der Waals surface area contributed by atoms with Gasteiger partial charge in [0, 0.05) is 0 Å². The normalized spacial score (nSPS) is 25.4. The zero-order chi connectivity index (χ0) is 10.6. The molecule has 0 radical (unpaired) electrons. The van der Waals surface area contributed by atoms with E-state index in [1.807, 2.05) is 0 Å². The van der Waals surface area contributed by atoms with E-state index >= 15 is 0 Å². The minimum atomic E-state index is 0.275. The first kappa shape index (κ1) is 11.4. The van der Waals surface area contributed by atoms with E-state index in [0.717, 1.165) is 13.1 Å². The van der Waals surface area contributed by atoms with Crippen molar-refractivity contribution in [3.05, 3.63) is 0 Å². The lowest BCUT2D eigenvalue weighted by Crippen LogP contribution is -2.44. The Labute approximate surface area is 93.8 Å². The van der Waals surface area contributed by atoms with Gasteiger partial charge in [-0.3, -0.25) is 0 Å². The molecule has 2 rings (SSSR count). The zero-order valence-corrected chi connectivity index (χ0v) is 10.1. The highest BCUT2D eigenvalue weighted by Crippen LogP contribution is 2.41. The lowest BCUT2D eigenvalue weighted by atomic mass is 9.77. The molecule has 2 heteroatoms. The Bertz CT molecular complexity index is 183. The van der Waals surface area contributed by atoms with E-state index in [1.54, 1.807) is 0 Å². The van der Waals surface area contributed by atoms with Crippen LogP contribution in [-0.4, -0.2) is 24.8 Å². The van der Waals surface area contributed by atoms with Gasteiger partial charge >= 0.3 is 0 Å². The molecule has 1 N–H and O–H groups in total. The molecular formula is C13H25NO. The summed E-state index contributed by atoms with van der Waals surface area (Å²) >= 11 is 0. The molecule has 88 valence electrons. The fourth-order valence-corrected chi connectivity index (χ4v) is 2.85. The average Bonchev–Trinajstić information content (AvgIpc) is 2.66. The molecule has 0 bridgehead atoms. The van der Waals surface area contributed by atoms with Crippen molar-refractivity contribution in [2.75, 3.05) is 13.1 Å². The maximum absolute atomic E-state index is 6.34. The molecular weight excluding hydrogens is 186 g/mol. The molecule has 2 aliphatic carbocycles. The molecule has 0 saturated heterocycles. The van der Waals surface area contributed by atoms with Crippen molar-refractivity contribution in [2.45, 2.75) is 70.0 Å². The van der Waals surface area contributed by atoms with E-state index in [0.29, 0.717) is 6.10 Å². The van der Waals surface area contributed by atoms with Crippen molar-refractivity contribution in [1.82, 2.24) is 5.32 Å². The molecule has 0 aromatic heterocycles.